The number of carbonyl (C=O) groups is 2. The summed E-state index contributed by atoms with van der Waals surface area (Å²) in [6.07, 6.45) is 5.48. The van der Waals surface area contributed by atoms with Crippen molar-refractivity contribution >= 4 is 23.3 Å². The molecule has 0 aromatic carbocycles. The Morgan fingerprint density at radius 3 is 2.73 bits per heavy atom. The van der Waals surface area contributed by atoms with Crippen LogP contribution < -0.4 is 5.32 Å². The Labute approximate surface area is 134 Å². The first-order valence-electron chi connectivity index (χ1n) is 7.94. The Kier molecular flexibility index (Phi) is 4.92. The number of nitrogens with zero attached hydrogens (tertiary/aromatic N) is 3. The van der Waals surface area contributed by atoms with Gasteiger partial charge in [0.05, 0.1) is 5.01 Å². The Morgan fingerprint density at radius 2 is 2.00 bits per heavy atom. The van der Waals surface area contributed by atoms with Crippen molar-refractivity contribution in [3.8, 4) is 0 Å². The fourth-order valence-electron chi connectivity index (χ4n) is 2.69. The molecule has 1 aromatic rings. The molecule has 2 heterocycles. The molecule has 1 saturated carbocycles. The molecule has 7 heteroatoms. The van der Waals surface area contributed by atoms with E-state index in [2.05, 4.69) is 10.3 Å². The van der Waals surface area contributed by atoms with Crippen molar-refractivity contribution in [3.63, 3.8) is 0 Å². The van der Waals surface area contributed by atoms with E-state index in [0.717, 1.165) is 43.8 Å². The second-order valence-corrected chi connectivity index (χ2v) is 6.83. The summed E-state index contributed by atoms with van der Waals surface area (Å²) < 4.78 is 0. The zero-order valence-electron chi connectivity index (χ0n) is 12.7. The number of nitrogens with one attached hydrogen (secondary N) is 1. The van der Waals surface area contributed by atoms with E-state index < -0.39 is 0 Å². The van der Waals surface area contributed by atoms with Gasteiger partial charge in [0.15, 0.2) is 0 Å². The van der Waals surface area contributed by atoms with Gasteiger partial charge in [-0.1, -0.05) is 0 Å². The number of thiazole rings is 1. The number of aromatic nitrogens is 1. The molecular weight excluding hydrogens is 300 g/mol. The van der Waals surface area contributed by atoms with Crippen molar-refractivity contribution in [2.24, 2.45) is 5.92 Å². The van der Waals surface area contributed by atoms with Gasteiger partial charge in [-0.05, 0) is 19.3 Å². The van der Waals surface area contributed by atoms with Crippen LogP contribution in [0.25, 0.3) is 0 Å². The minimum Gasteiger partial charge on any atom is -0.341 e. The number of hydrogen-bond acceptors (Lipinski definition) is 4. The largest absolute Gasteiger partial charge is 0.341 e. The maximum Gasteiger partial charge on any atom is 0.317 e. The van der Waals surface area contributed by atoms with E-state index in [4.69, 9.17) is 0 Å². The smallest absolute Gasteiger partial charge is 0.317 e. The van der Waals surface area contributed by atoms with Crippen LogP contribution >= 0.6 is 11.3 Å². The molecule has 120 valence electrons. The molecule has 3 amide bonds. The van der Waals surface area contributed by atoms with Gasteiger partial charge in [0.25, 0.3) is 0 Å². The number of amides is 3. The van der Waals surface area contributed by atoms with Crippen molar-refractivity contribution in [2.45, 2.75) is 25.7 Å². The minimum absolute atomic E-state index is 0.0303. The minimum atomic E-state index is -0.0303. The normalized spacial score (nSPS) is 18.9. The van der Waals surface area contributed by atoms with Crippen LogP contribution in [0.15, 0.2) is 11.6 Å². The van der Waals surface area contributed by atoms with Gasteiger partial charge in [-0.2, -0.15) is 0 Å². The first-order chi connectivity index (χ1) is 10.7. The van der Waals surface area contributed by atoms with E-state index in [-0.39, 0.29) is 17.9 Å². The third-order valence-electron chi connectivity index (χ3n) is 4.12. The summed E-state index contributed by atoms with van der Waals surface area (Å²) in [5.41, 5.74) is 0. The highest BCUT2D eigenvalue weighted by Crippen LogP contribution is 2.31. The molecule has 0 atom stereocenters. The lowest BCUT2D eigenvalue weighted by Gasteiger charge is -2.22. The van der Waals surface area contributed by atoms with Crippen LogP contribution in [0.4, 0.5) is 4.79 Å². The third-order valence-corrected chi connectivity index (χ3v) is 4.96. The standard InChI is InChI=1S/C15H22N4O2S/c20-14(12-2-3-12)18-7-1-8-19(10-9-18)15(21)17-5-4-13-16-6-11-22-13/h6,11-12H,1-5,7-10H2,(H,17,21). The first-order valence-corrected chi connectivity index (χ1v) is 8.82. The lowest BCUT2D eigenvalue weighted by Crippen LogP contribution is -2.43. The lowest BCUT2D eigenvalue weighted by atomic mass is 10.3. The molecular formula is C15H22N4O2S. The second-order valence-electron chi connectivity index (χ2n) is 5.85. The second kappa shape index (κ2) is 7.09. The average Bonchev–Trinajstić information content (AvgIpc) is 3.29. The Morgan fingerprint density at radius 1 is 1.23 bits per heavy atom. The van der Waals surface area contributed by atoms with Gasteiger partial charge in [0.2, 0.25) is 5.91 Å². The highest BCUT2D eigenvalue weighted by atomic mass is 32.1. The maximum atomic E-state index is 12.2. The molecule has 1 aliphatic carbocycles. The van der Waals surface area contributed by atoms with Crippen molar-refractivity contribution in [1.29, 1.82) is 0 Å². The third kappa shape index (κ3) is 3.97. The van der Waals surface area contributed by atoms with Gasteiger partial charge in [0, 0.05) is 56.6 Å². The van der Waals surface area contributed by atoms with Crippen LogP contribution in [0, 0.1) is 5.92 Å². The van der Waals surface area contributed by atoms with Crippen molar-refractivity contribution in [1.82, 2.24) is 20.1 Å². The van der Waals surface area contributed by atoms with Gasteiger partial charge < -0.3 is 15.1 Å². The molecule has 1 aliphatic heterocycles. The summed E-state index contributed by atoms with van der Waals surface area (Å²) in [5.74, 6) is 0.546. The van der Waals surface area contributed by atoms with Crippen LogP contribution in [-0.2, 0) is 11.2 Å². The molecule has 1 saturated heterocycles. The molecule has 0 unspecified atom stereocenters. The van der Waals surface area contributed by atoms with E-state index in [0.29, 0.717) is 19.6 Å². The van der Waals surface area contributed by atoms with Crippen molar-refractivity contribution in [3.05, 3.63) is 16.6 Å². The summed E-state index contributed by atoms with van der Waals surface area (Å²) in [5, 5.41) is 5.93. The van der Waals surface area contributed by atoms with Gasteiger partial charge in [0.1, 0.15) is 0 Å². The highest BCUT2D eigenvalue weighted by Gasteiger charge is 2.34. The molecule has 3 rings (SSSR count). The maximum absolute atomic E-state index is 12.2. The van der Waals surface area contributed by atoms with Crippen LogP contribution in [0.5, 0.6) is 0 Å². The van der Waals surface area contributed by atoms with Crippen LogP contribution in [0.1, 0.15) is 24.3 Å². The Hall–Kier alpha value is -1.63. The molecule has 2 aliphatic rings. The number of urea groups is 1. The monoisotopic (exact) mass is 322 g/mol. The van der Waals surface area contributed by atoms with Crippen LogP contribution in [-0.4, -0.2) is 59.4 Å². The lowest BCUT2D eigenvalue weighted by molar-refractivity contribution is -0.132. The SMILES string of the molecule is O=C(NCCc1nccs1)N1CCCN(C(=O)C2CC2)CC1. The van der Waals surface area contributed by atoms with Gasteiger partial charge >= 0.3 is 6.03 Å². The average molecular weight is 322 g/mol. The molecule has 1 N–H and O–H groups in total. The zero-order valence-corrected chi connectivity index (χ0v) is 13.5. The molecule has 2 fully saturated rings. The van der Waals surface area contributed by atoms with Gasteiger partial charge in [-0.15, -0.1) is 11.3 Å². The van der Waals surface area contributed by atoms with E-state index in [9.17, 15) is 9.59 Å². The van der Waals surface area contributed by atoms with Crippen molar-refractivity contribution < 1.29 is 9.59 Å². The van der Waals surface area contributed by atoms with E-state index >= 15 is 0 Å². The summed E-state index contributed by atoms with van der Waals surface area (Å²) in [6, 6.07) is -0.0303. The zero-order chi connectivity index (χ0) is 15.4. The first kappa shape index (κ1) is 15.3. The summed E-state index contributed by atoms with van der Waals surface area (Å²) in [7, 11) is 0. The summed E-state index contributed by atoms with van der Waals surface area (Å²) in [6.45, 7) is 3.39. The molecule has 0 radical (unpaired) electrons. The van der Waals surface area contributed by atoms with Crippen LogP contribution in [0.2, 0.25) is 0 Å². The van der Waals surface area contributed by atoms with Gasteiger partial charge in [-0.3, -0.25) is 4.79 Å². The molecule has 0 bridgehead atoms. The highest BCUT2D eigenvalue weighted by molar-refractivity contribution is 7.09. The predicted octanol–water partition coefficient (Wildman–Crippen LogP) is 1.34. The molecule has 1 aromatic heterocycles. The fourth-order valence-corrected chi connectivity index (χ4v) is 3.31. The van der Waals surface area contributed by atoms with Gasteiger partial charge in [-0.25, -0.2) is 9.78 Å². The van der Waals surface area contributed by atoms with E-state index in [1.165, 1.54) is 0 Å². The number of hydrogen-bond donors (Lipinski definition) is 1. The summed E-state index contributed by atoms with van der Waals surface area (Å²) in [4.78, 5) is 32.2. The van der Waals surface area contributed by atoms with Crippen LogP contribution in [0.3, 0.4) is 0 Å². The quantitative estimate of drug-likeness (QED) is 0.910. The van der Waals surface area contributed by atoms with Crippen molar-refractivity contribution in [2.75, 3.05) is 32.7 Å². The molecule has 22 heavy (non-hydrogen) atoms. The van der Waals surface area contributed by atoms with E-state index in [1.54, 1.807) is 17.5 Å². The Bertz CT molecular complexity index is 516. The number of rotatable bonds is 4. The molecule has 0 spiro atoms. The fraction of sp³-hybridized carbons (Fsp3) is 0.667. The molecule has 6 nitrogen and oxygen atoms in total. The topological polar surface area (TPSA) is 65.5 Å². The predicted molar refractivity (Wildman–Crippen MR) is 84.7 cm³/mol. The summed E-state index contributed by atoms with van der Waals surface area (Å²) >= 11 is 1.61. The number of carbonyl (C=O) groups excluding carboxylic acids is 2. The van der Waals surface area contributed by atoms with E-state index in [1.807, 2.05) is 15.2 Å². The Balaban J connectivity index is 1.41.